The molecule has 18 heavy (non-hydrogen) atoms. The lowest BCUT2D eigenvalue weighted by Crippen LogP contribution is -1.90. The Morgan fingerprint density at radius 3 is 2.94 bits per heavy atom. The Labute approximate surface area is 104 Å². The quantitative estimate of drug-likeness (QED) is 0.643. The van der Waals surface area contributed by atoms with Gasteiger partial charge in [0.15, 0.2) is 0 Å². The Balaban J connectivity index is 2.27. The zero-order valence-corrected chi connectivity index (χ0v) is 9.87. The van der Waals surface area contributed by atoms with Crippen molar-refractivity contribution in [2.45, 2.75) is 0 Å². The second-order valence-electron chi connectivity index (χ2n) is 4.13. The number of aldehydes is 1. The van der Waals surface area contributed by atoms with Crippen LogP contribution in [0, 0.1) is 0 Å². The van der Waals surface area contributed by atoms with Crippen molar-refractivity contribution in [3.63, 3.8) is 0 Å². The van der Waals surface area contributed by atoms with E-state index in [-0.39, 0.29) is 0 Å². The summed E-state index contributed by atoms with van der Waals surface area (Å²) in [5.74, 6) is 0. The second kappa shape index (κ2) is 4.07. The number of carbonyl (C=O) groups excluding carboxylic acids is 1. The van der Waals surface area contributed by atoms with E-state index in [2.05, 4.69) is 10.1 Å². The number of hydrogen-bond donors (Lipinski definition) is 0. The first-order valence-corrected chi connectivity index (χ1v) is 5.61. The van der Waals surface area contributed by atoms with Crippen LogP contribution in [0.4, 0.5) is 0 Å². The maximum atomic E-state index is 10.8. The molecule has 0 radical (unpaired) electrons. The highest BCUT2D eigenvalue weighted by Crippen LogP contribution is 2.27. The van der Waals surface area contributed by atoms with Gasteiger partial charge in [0, 0.05) is 29.8 Å². The summed E-state index contributed by atoms with van der Waals surface area (Å²) < 4.78 is 1.79. The lowest BCUT2D eigenvalue weighted by atomic mass is 10.0. The van der Waals surface area contributed by atoms with Gasteiger partial charge in [0.1, 0.15) is 6.29 Å². The molecule has 3 rings (SSSR count). The van der Waals surface area contributed by atoms with E-state index in [1.54, 1.807) is 23.1 Å². The Morgan fingerprint density at radius 2 is 2.11 bits per heavy atom. The van der Waals surface area contributed by atoms with Gasteiger partial charge in [-0.1, -0.05) is 18.2 Å². The van der Waals surface area contributed by atoms with Gasteiger partial charge in [-0.05, 0) is 11.6 Å². The van der Waals surface area contributed by atoms with Crippen molar-refractivity contribution in [3.05, 3.63) is 48.4 Å². The van der Waals surface area contributed by atoms with Crippen LogP contribution in [0.3, 0.4) is 0 Å². The molecule has 0 unspecified atom stereocenters. The van der Waals surface area contributed by atoms with E-state index >= 15 is 0 Å². The Morgan fingerprint density at radius 1 is 1.22 bits per heavy atom. The highest BCUT2D eigenvalue weighted by Gasteiger charge is 2.08. The molecular formula is C14H11N3O. The Hall–Kier alpha value is -2.49. The number of pyridine rings is 1. The molecule has 0 saturated heterocycles. The summed E-state index contributed by atoms with van der Waals surface area (Å²) in [7, 11) is 1.88. The van der Waals surface area contributed by atoms with Gasteiger partial charge in [-0.25, -0.2) is 0 Å². The molecule has 3 aromatic rings. The summed E-state index contributed by atoms with van der Waals surface area (Å²) in [6.45, 7) is 0. The summed E-state index contributed by atoms with van der Waals surface area (Å²) in [5.41, 5.74) is 3.60. The van der Waals surface area contributed by atoms with Crippen LogP contribution >= 0.6 is 0 Å². The number of hydrogen-bond acceptors (Lipinski definition) is 3. The van der Waals surface area contributed by atoms with E-state index in [1.807, 2.05) is 31.4 Å². The maximum Gasteiger partial charge on any atom is 0.150 e. The van der Waals surface area contributed by atoms with Gasteiger partial charge < -0.3 is 0 Å². The fourth-order valence-corrected chi connectivity index (χ4v) is 2.07. The number of aryl methyl sites for hydroxylation is 1. The molecule has 4 heteroatoms. The van der Waals surface area contributed by atoms with E-state index < -0.39 is 0 Å². The van der Waals surface area contributed by atoms with Crippen LogP contribution in [0.5, 0.6) is 0 Å². The summed E-state index contributed by atoms with van der Waals surface area (Å²) in [4.78, 5) is 15.1. The van der Waals surface area contributed by atoms with E-state index in [0.717, 1.165) is 28.3 Å². The lowest BCUT2D eigenvalue weighted by Gasteiger charge is -2.03. The third kappa shape index (κ3) is 1.59. The molecule has 4 nitrogen and oxygen atoms in total. The molecule has 0 spiro atoms. The van der Waals surface area contributed by atoms with Gasteiger partial charge >= 0.3 is 0 Å². The van der Waals surface area contributed by atoms with Crippen molar-refractivity contribution in [1.82, 2.24) is 14.8 Å². The van der Waals surface area contributed by atoms with Gasteiger partial charge in [0.25, 0.3) is 0 Å². The van der Waals surface area contributed by atoms with Crippen molar-refractivity contribution in [1.29, 1.82) is 0 Å². The molecule has 0 atom stereocenters. The highest BCUT2D eigenvalue weighted by molar-refractivity contribution is 5.94. The molecule has 1 aromatic carbocycles. The van der Waals surface area contributed by atoms with E-state index in [0.29, 0.717) is 5.56 Å². The minimum absolute atomic E-state index is 0.661. The van der Waals surface area contributed by atoms with Gasteiger partial charge in [-0.15, -0.1) is 0 Å². The number of fused-ring (bicyclic) bond motifs is 1. The molecule has 0 aliphatic carbocycles. The molecule has 0 saturated carbocycles. The van der Waals surface area contributed by atoms with Crippen molar-refractivity contribution in [2.75, 3.05) is 0 Å². The van der Waals surface area contributed by atoms with Crippen LogP contribution in [-0.4, -0.2) is 21.1 Å². The number of rotatable bonds is 2. The highest BCUT2D eigenvalue weighted by atomic mass is 16.1. The van der Waals surface area contributed by atoms with Gasteiger partial charge in [-0.2, -0.15) is 5.10 Å². The van der Waals surface area contributed by atoms with Gasteiger partial charge in [0.2, 0.25) is 0 Å². The first-order chi connectivity index (χ1) is 8.79. The minimum Gasteiger partial charge on any atom is -0.298 e. The van der Waals surface area contributed by atoms with Gasteiger partial charge in [0.05, 0.1) is 17.9 Å². The molecule has 0 bridgehead atoms. The molecular weight excluding hydrogens is 226 g/mol. The summed E-state index contributed by atoms with van der Waals surface area (Å²) >= 11 is 0. The molecule has 88 valence electrons. The van der Waals surface area contributed by atoms with E-state index in [1.165, 1.54) is 0 Å². The van der Waals surface area contributed by atoms with E-state index in [9.17, 15) is 4.79 Å². The molecule has 0 amide bonds. The first-order valence-electron chi connectivity index (χ1n) is 5.61. The van der Waals surface area contributed by atoms with Crippen LogP contribution in [0.15, 0.2) is 42.9 Å². The Kier molecular flexibility index (Phi) is 2.41. The standard InChI is InChI=1S/C14H11N3O/c1-17-14-8-15-6-12(13(14)7-16-17)11-4-2-3-10(5-11)9-18/h2-9H,1H3. The van der Waals surface area contributed by atoms with Crippen molar-refractivity contribution in [3.8, 4) is 11.1 Å². The predicted octanol–water partition coefficient (Wildman–Crippen LogP) is 2.45. The van der Waals surface area contributed by atoms with Gasteiger partial charge in [-0.3, -0.25) is 14.5 Å². The maximum absolute atomic E-state index is 10.8. The topological polar surface area (TPSA) is 47.8 Å². The molecule has 0 N–H and O–H groups in total. The van der Waals surface area contributed by atoms with Crippen LogP contribution in [0.1, 0.15) is 10.4 Å². The zero-order chi connectivity index (χ0) is 12.5. The van der Waals surface area contributed by atoms with Crippen LogP contribution in [0.2, 0.25) is 0 Å². The van der Waals surface area contributed by atoms with Crippen molar-refractivity contribution in [2.24, 2.45) is 7.05 Å². The SMILES string of the molecule is Cn1ncc2c(-c3cccc(C=O)c3)cncc21. The summed E-state index contributed by atoms with van der Waals surface area (Å²) in [6, 6.07) is 7.48. The molecule has 2 aromatic heterocycles. The van der Waals surface area contributed by atoms with Crippen molar-refractivity contribution >= 4 is 17.2 Å². The average Bonchev–Trinajstić information content (AvgIpc) is 2.81. The third-order valence-electron chi connectivity index (χ3n) is 3.01. The molecule has 2 heterocycles. The van der Waals surface area contributed by atoms with Crippen molar-refractivity contribution < 1.29 is 4.79 Å². The average molecular weight is 237 g/mol. The van der Waals surface area contributed by atoms with Crippen LogP contribution in [0.25, 0.3) is 22.0 Å². The monoisotopic (exact) mass is 237 g/mol. The zero-order valence-electron chi connectivity index (χ0n) is 9.87. The van der Waals surface area contributed by atoms with E-state index in [4.69, 9.17) is 0 Å². The largest absolute Gasteiger partial charge is 0.298 e. The molecule has 0 aliphatic rings. The molecule has 0 fully saturated rings. The normalized spacial score (nSPS) is 10.7. The predicted molar refractivity (Wildman–Crippen MR) is 69.3 cm³/mol. The number of aromatic nitrogens is 3. The minimum atomic E-state index is 0.661. The smallest absolute Gasteiger partial charge is 0.150 e. The second-order valence-corrected chi connectivity index (χ2v) is 4.13. The van der Waals surface area contributed by atoms with Crippen LogP contribution in [-0.2, 0) is 7.05 Å². The number of carbonyl (C=O) groups is 1. The number of benzene rings is 1. The Bertz CT molecular complexity index is 731. The summed E-state index contributed by atoms with van der Waals surface area (Å²) in [5, 5.41) is 5.27. The fourth-order valence-electron chi connectivity index (χ4n) is 2.07. The lowest BCUT2D eigenvalue weighted by molar-refractivity contribution is 0.112. The number of nitrogens with zero attached hydrogens (tertiary/aromatic N) is 3. The fraction of sp³-hybridized carbons (Fsp3) is 0.0714. The first kappa shape index (κ1) is 10.7. The van der Waals surface area contributed by atoms with Crippen LogP contribution < -0.4 is 0 Å². The molecule has 0 aliphatic heterocycles. The summed E-state index contributed by atoms with van der Waals surface area (Å²) in [6.07, 6.45) is 6.25. The third-order valence-corrected chi connectivity index (χ3v) is 3.01.